The lowest BCUT2D eigenvalue weighted by molar-refractivity contribution is -0.143. The third kappa shape index (κ3) is 5.13. The standard InChI is InChI=1S/C7H9O3/c1-2-3-6-10-7(9)4-5-8/h4-6H2,1H3. The molecule has 0 aromatic heterocycles. The number of carbonyl (C=O) groups is 1. The summed E-state index contributed by atoms with van der Waals surface area (Å²) in [7, 11) is 0. The Kier molecular flexibility index (Phi) is 5.50. The highest BCUT2D eigenvalue weighted by Gasteiger charge is 1.98. The summed E-state index contributed by atoms with van der Waals surface area (Å²) in [6.07, 6.45) is -0.0641. The zero-order valence-electron chi connectivity index (χ0n) is 5.85. The van der Waals surface area contributed by atoms with Crippen LogP contribution in [0.25, 0.3) is 0 Å². The van der Waals surface area contributed by atoms with E-state index in [-0.39, 0.29) is 13.0 Å². The zero-order valence-corrected chi connectivity index (χ0v) is 5.85. The quantitative estimate of drug-likeness (QED) is 0.421. The van der Waals surface area contributed by atoms with Crippen molar-refractivity contribution in [3.05, 3.63) is 0 Å². The molecule has 0 bridgehead atoms. The van der Waals surface area contributed by atoms with E-state index in [1.807, 2.05) is 0 Å². The molecule has 0 aromatic carbocycles. The maximum Gasteiger partial charge on any atom is 0.309 e. The SMILES string of the molecule is CC#CCOC(=O)CC[O]. The molecular formula is C7H9O3. The minimum Gasteiger partial charge on any atom is -0.452 e. The van der Waals surface area contributed by atoms with Crippen molar-refractivity contribution >= 4 is 5.97 Å². The molecule has 0 aliphatic heterocycles. The van der Waals surface area contributed by atoms with Crippen molar-refractivity contribution in [2.45, 2.75) is 13.3 Å². The molecule has 55 valence electrons. The third-order valence-electron chi connectivity index (χ3n) is 0.788. The van der Waals surface area contributed by atoms with Crippen molar-refractivity contribution in [2.75, 3.05) is 13.2 Å². The maximum atomic E-state index is 10.4. The van der Waals surface area contributed by atoms with Crippen LogP contribution in [-0.2, 0) is 14.6 Å². The lowest BCUT2D eigenvalue weighted by atomic mass is 10.5. The van der Waals surface area contributed by atoms with Crippen molar-refractivity contribution in [1.82, 2.24) is 0 Å². The van der Waals surface area contributed by atoms with Crippen LogP contribution >= 0.6 is 0 Å². The Bertz CT molecular complexity index is 152. The summed E-state index contributed by atoms with van der Waals surface area (Å²) in [6.45, 7) is 1.33. The molecule has 0 spiro atoms. The van der Waals surface area contributed by atoms with Gasteiger partial charge in [-0.15, -0.1) is 5.92 Å². The molecule has 3 heteroatoms. The first-order chi connectivity index (χ1) is 4.81. The molecule has 0 saturated carbocycles. The lowest BCUT2D eigenvalue weighted by Crippen LogP contribution is -2.05. The number of hydrogen-bond acceptors (Lipinski definition) is 2. The summed E-state index contributed by atoms with van der Waals surface area (Å²) in [5.74, 6) is 4.63. The summed E-state index contributed by atoms with van der Waals surface area (Å²) in [5.41, 5.74) is 0. The number of esters is 1. The highest BCUT2D eigenvalue weighted by molar-refractivity contribution is 5.69. The summed E-state index contributed by atoms with van der Waals surface area (Å²) < 4.78 is 4.51. The van der Waals surface area contributed by atoms with E-state index in [9.17, 15) is 9.90 Å². The molecule has 0 atom stereocenters. The van der Waals surface area contributed by atoms with Gasteiger partial charge >= 0.3 is 5.97 Å². The molecule has 3 nitrogen and oxygen atoms in total. The van der Waals surface area contributed by atoms with Gasteiger partial charge in [0.1, 0.15) is 0 Å². The van der Waals surface area contributed by atoms with Gasteiger partial charge in [0.15, 0.2) is 6.61 Å². The molecule has 0 aliphatic rings. The average Bonchev–Trinajstić information content (AvgIpc) is 1.89. The first-order valence-electron chi connectivity index (χ1n) is 2.94. The summed E-state index contributed by atoms with van der Waals surface area (Å²) >= 11 is 0. The van der Waals surface area contributed by atoms with E-state index >= 15 is 0 Å². The molecule has 0 fully saturated rings. The van der Waals surface area contributed by atoms with Crippen molar-refractivity contribution in [2.24, 2.45) is 0 Å². The Labute approximate surface area is 60.0 Å². The number of hydrogen-bond donors (Lipinski definition) is 0. The topological polar surface area (TPSA) is 46.2 Å². The molecule has 10 heavy (non-hydrogen) atoms. The minimum atomic E-state index is -0.474. The van der Waals surface area contributed by atoms with Crippen LogP contribution in [0.15, 0.2) is 0 Å². The fourth-order valence-corrected chi connectivity index (χ4v) is 0.344. The monoisotopic (exact) mass is 141 g/mol. The minimum absolute atomic E-state index is 0.0641. The van der Waals surface area contributed by atoms with Gasteiger partial charge in [0.05, 0.1) is 13.0 Å². The van der Waals surface area contributed by atoms with Gasteiger partial charge in [-0.3, -0.25) is 4.79 Å². The highest BCUT2D eigenvalue weighted by atomic mass is 16.5. The fourth-order valence-electron chi connectivity index (χ4n) is 0.344. The first kappa shape index (κ1) is 8.99. The van der Waals surface area contributed by atoms with Gasteiger partial charge in [0, 0.05) is 0 Å². The van der Waals surface area contributed by atoms with Gasteiger partial charge in [-0.1, -0.05) is 5.92 Å². The van der Waals surface area contributed by atoms with Crippen molar-refractivity contribution in [1.29, 1.82) is 0 Å². The van der Waals surface area contributed by atoms with Crippen molar-refractivity contribution in [3.63, 3.8) is 0 Å². The van der Waals surface area contributed by atoms with Crippen LogP contribution in [0.1, 0.15) is 13.3 Å². The zero-order chi connectivity index (χ0) is 7.82. The van der Waals surface area contributed by atoms with E-state index in [0.717, 1.165) is 0 Å². The fraction of sp³-hybridized carbons (Fsp3) is 0.571. The second kappa shape index (κ2) is 6.12. The molecule has 0 rings (SSSR count). The first-order valence-corrected chi connectivity index (χ1v) is 2.94. The summed E-state index contributed by atoms with van der Waals surface area (Å²) in [5, 5.41) is 9.84. The Balaban J connectivity index is 3.27. The van der Waals surface area contributed by atoms with Crippen molar-refractivity contribution < 1.29 is 14.6 Å². The van der Waals surface area contributed by atoms with Gasteiger partial charge in [-0.25, -0.2) is 5.11 Å². The average molecular weight is 141 g/mol. The van der Waals surface area contributed by atoms with E-state index in [1.54, 1.807) is 6.92 Å². The van der Waals surface area contributed by atoms with Crippen LogP contribution in [0.5, 0.6) is 0 Å². The Morgan fingerprint density at radius 1 is 1.60 bits per heavy atom. The van der Waals surface area contributed by atoms with Crippen LogP contribution in [0.3, 0.4) is 0 Å². The number of carbonyl (C=O) groups excluding carboxylic acids is 1. The molecular weight excluding hydrogens is 132 g/mol. The smallest absolute Gasteiger partial charge is 0.309 e. The normalized spacial score (nSPS) is 7.80. The van der Waals surface area contributed by atoms with Gasteiger partial charge in [-0.05, 0) is 6.92 Å². The lowest BCUT2D eigenvalue weighted by Gasteiger charge is -1.95. The maximum absolute atomic E-state index is 10.4. The van der Waals surface area contributed by atoms with Gasteiger partial charge < -0.3 is 4.74 Å². The van der Waals surface area contributed by atoms with Crippen LogP contribution < -0.4 is 0 Å². The van der Waals surface area contributed by atoms with Gasteiger partial charge in [0.2, 0.25) is 0 Å². The molecule has 0 heterocycles. The van der Waals surface area contributed by atoms with Crippen LogP contribution in [0.4, 0.5) is 0 Å². The van der Waals surface area contributed by atoms with E-state index in [0.29, 0.717) is 0 Å². The molecule has 0 saturated heterocycles. The van der Waals surface area contributed by atoms with Crippen LogP contribution in [-0.4, -0.2) is 19.2 Å². The second-order valence-corrected chi connectivity index (χ2v) is 1.54. The van der Waals surface area contributed by atoms with Crippen molar-refractivity contribution in [3.8, 4) is 11.8 Å². The molecule has 0 aliphatic carbocycles. The molecule has 0 unspecified atom stereocenters. The van der Waals surface area contributed by atoms with E-state index in [2.05, 4.69) is 16.6 Å². The number of rotatable bonds is 3. The molecule has 0 aromatic rings. The Morgan fingerprint density at radius 2 is 2.30 bits per heavy atom. The van der Waals surface area contributed by atoms with Crippen LogP contribution in [0.2, 0.25) is 0 Å². The summed E-state index contributed by atoms with van der Waals surface area (Å²) in [6, 6.07) is 0. The van der Waals surface area contributed by atoms with E-state index in [4.69, 9.17) is 0 Å². The van der Waals surface area contributed by atoms with Crippen LogP contribution in [0, 0.1) is 11.8 Å². The molecule has 1 radical (unpaired) electrons. The van der Waals surface area contributed by atoms with Gasteiger partial charge in [0.25, 0.3) is 0 Å². The predicted octanol–water partition coefficient (Wildman–Crippen LogP) is 0.374. The number of ether oxygens (including phenoxy) is 1. The van der Waals surface area contributed by atoms with E-state index in [1.165, 1.54) is 0 Å². The third-order valence-corrected chi connectivity index (χ3v) is 0.788. The predicted molar refractivity (Wildman–Crippen MR) is 34.6 cm³/mol. The molecule has 0 amide bonds. The summed E-state index contributed by atoms with van der Waals surface area (Å²) in [4.78, 5) is 10.4. The second-order valence-electron chi connectivity index (χ2n) is 1.54. The Morgan fingerprint density at radius 3 is 2.80 bits per heavy atom. The highest BCUT2D eigenvalue weighted by Crippen LogP contribution is 1.83. The largest absolute Gasteiger partial charge is 0.452 e. The van der Waals surface area contributed by atoms with Gasteiger partial charge in [-0.2, -0.15) is 0 Å². The van der Waals surface area contributed by atoms with E-state index < -0.39 is 12.6 Å². The Hall–Kier alpha value is -1.01. The molecule has 0 N–H and O–H groups in total.